The summed E-state index contributed by atoms with van der Waals surface area (Å²) in [6, 6.07) is 0. The van der Waals surface area contributed by atoms with Crippen molar-refractivity contribution in [3.8, 4) is 0 Å². The maximum atomic E-state index is 6.32. The summed E-state index contributed by atoms with van der Waals surface area (Å²) < 4.78 is 16.6. The second-order valence-corrected chi connectivity index (χ2v) is 11.3. The van der Waals surface area contributed by atoms with E-state index in [-0.39, 0.29) is 11.1 Å². The first kappa shape index (κ1) is 18.8. The van der Waals surface area contributed by atoms with E-state index in [0.717, 1.165) is 6.42 Å². The summed E-state index contributed by atoms with van der Waals surface area (Å²) in [7, 11) is -0.0584. The molecule has 0 spiro atoms. The second-order valence-electron chi connectivity index (χ2n) is 6.52. The lowest BCUT2D eigenvalue weighted by Gasteiger charge is -2.38. The summed E-state index contributed by atoms with van der Waals surface area (Å²) in [5, 5.41) is 0.244. The van der Waals surface area contributed by atoms with Crippen LogP contribution in [0.15, 0.2) is 11.6 Å². The molecule has 0 aromatic carbocycles. The molecule has 0 saturated heterocycles. The number of hydrogen-bond acceptors (Lipinski definition) is 3. The topological polar surface area (TPSA) is 27.7 Å². The van der Waals surface area contributed by atoms with E-state index in [1.54, 1.807) is 7.11 Å². The minimum Gasteiger partial charge on any atom is -0.411 e. The number of rotatable bonds is 8. The minimum atomic E-state index is -1.70. The third-order valence-corrected chi connectivity index (χ3v) is 8.27. The number of hydrogen-bond donors (Lipinski definition) is 0. The molecule has 0 bridgehead atoms. The van der Waals surface area contributed by atoms with Crippen LogP contribution in [0.25, 0.3) is 0 Å². The van der Waals surface area contributed by atoms with Gasteiger partial charge >= 0.3 is 0 Å². The molecule has 0 unspecified atom stereocenters. The number of ether oxygens (including phenoxy) is 2. The van der Waals surface area contributed by atoms with Crippen LogP contribution in [0.2, 0.25) is 18.1 Å². The normalized spacial score (nSPS) is 15.7. The summed E-state index contributed by atoms with van der Waals surface area (Å²) in [6.45, 7) is 16.6. The Labute approximate surface area is 120 Å². The molecule has 0 aliphatic rings. The molecule has 0 heterocycles. The van der Waals surface area contributed by atoms with E-state index in [4.69, 9.17) is 13.9 Å². The largest absolute Gasteiger partial charge is 0.411 e. The highest BCUT2D eigenvalue weighted by Gasteiger charge is 2.38. The monoisotopic (exact) mass is 288 g/mol. The van der Waals surface area contributed by atoms with Gasteiger partial charge in [-0.15, -0.1) is 0 Å². The van der Waals surface area contributed by atoms with Crippen LogP contribution >= 0.6 is 0 Å². The first-order valence-electron chi connectivity index (χ1n) is 7.08. The fraction of sp³-hybridized carbons (Fsp3) is 0.867. The molecule has 0 amide bonds. The van der Waals surface area contributed by atoms with Gasteiger partial charge in [-0.3, -0.25) is 0 Å². The van der Waals surface area contributed by atoms with Crippen LogP contribution in [0, 0.1) is 0 Å². The van der Waals surface area contributed by atoms with Crippen LogP contribution in [-0.2, 0) is 13.9 Å². The molecule has 0 aliphatic carbocycles. The van der Waals surface area contributed by atoms with Gasteiger partial charge in [-0.05, 0) is 37.0 Å². The molecule has 0 N–H and O–H groups in total. The van der Waals surface area contributed by atoms with Crippen molar-refractivity contribution in [1.29, 1.82) is 0 Å². The van der Waals surface area contributed by atoms with Crippen molar-refractivity contribution in [2.75, 3.05) is 20.5 Å². The van der Waals surface area contributed by atoms with Crippen molar-refractivity contribution in [1.82, 2.24) is 0 Å². The molecule has 19 heavy (non-hydrogen) atoms. The fourth-order valence-electron chi connectivity index (χ4n) is 1.53. The van der Waals surface area contributed by atoms with Gasteiger partial charge in [-0.2, -0.15) is 0 Å². The Morgan fingerprint density at radius 1 is 1.26 bits per heavy atom. The van der Waals surface area contributed by atoms with Crippen LogP contribution in [0.5, 0.6) is 0 Å². The molecule has 0 aromatic rings. The number of methoxy groups -OCH3 is 1. The van der Waals surface area contributed by atoms with Gasteiger partial charge in [-0.1, -0.05) is 33.8 Å². The Morgan fingerprint density at radius 2 is 1.84 bits per heavy atom. The molecular weight excluding hydrogens is 256 g/mol. The third-order valence-electron chi connectivity index (χ3n) is 3.70. The van der Waals surface area contributed by atoms with E-state index in [0.29, 0.717) is 13.4 Å². The quantitative estimate of drug-likeness (QED) is 0.287. The summed E-state index contributed by atoms with van der Waals surface area (Å²) in [5.41, 5.74) is 1.27. The molecule has 3 nitrogen and oxygen atoms in total. The zero-order valence-corrected chi connectivity index (χ0v) is 15.0. The smallest absolute Gasteiger partial charge is 0.192 e. The average molecular weight is 289 g/mol. The lowest BCUT2D eigenvalue weighted by molar-refractivity contribution is -0.0218. The highest BCUT2D eigenvalue weighted by molar-refractivity contribution is 6.74. The van der Waals surface area contributed by atoms with Crippen molar-refractivity contribution in [3.63, 3.8) is 0 Å². The lowest BCUT2D eigenvalue weighted by atomic mass is 10.2. The van der Waals surface area contributed by atoms with Gasteiger partial charge in [0.1, 0.15) is 6.79 Å². The van der Waals surface area contributed by atoms with Gasteiger partial charge in [0.2, 0.25) is 0 Å². The summed E-state index contributed by atoms with van der Waals surface area (Å²) in [6.07, 6.45) is 3.31. The van der Waals surface area contributed by atoms with E-state index in [1.807, 2.05) is 0 Å². The van der Waals surface area contributed by atoms with E-state index < -0.39 is 8.32 Å². The SMILES string of the molecule is CC/C(=C\[C@H](C)O[Si](C)(C)C(C)(C)C)COCOC. The lowest BCUT2D eigenvalue weighted by Crippen LogP contribution is -2.43. The van der Waals surface area contributed by atoms with E-state index >= 15 is 0 Å². The summed E-state index contributed by atoms with van der Waals surface area (Å²) in [4.78, 5) is 0. The Hall–Kier alpha value is -0.163. The van der Waals surface area contributed by atoms with Crippen molar-refractivity contribution in [2.24, 2.45) is 0 Å². The highest BCUT2D eigenvalue weighted by Crippen LogP contribution is 2.37. The minimum absolute atomic E-state index is 0.141. The Balaban J connectivity index is 4.51. The molecule has 0 fully saturated rings. The molecule has 0 radical (unpaired) electrons. The molecule has 1 atom stereocenters. The first-order chi connectivity index (χ1) is 8.64. The van der Waals surface area contributed by atoms with E-state index in [1.165, 1.54) is 5.57 Å². The van der Waals surface area contributed by atoms with Crippen LogP contribution in [-0.4, -0.2) is 34.9 Å². The zero-order chi connectivity index (χ0) is 15.1. The van der Waals surface area contributed by atoms with Gasteiger partial charge in [0.05, 0.1) is 12.7 Å². The van der Waals surface area contributed by atoms with Crippen molar-refractivity contribution >= 4 is 8.32 Å². The standard InChI is InChI=1S/C15H32O3Si/c1-9-14(11-17-12-16-6)10-13(2)18-19(7,8)15(3,4)5/h10,13H,9,11-12H2,1-8H3/b14-10+/t13-/m0/s1. The van der Waals surface area contributed by atoms with Crippen molar-refractivity contribution in [3.05, 3.63) is 11.6 Å². The molecule has 0 aromatic heterocycles. The van der Waals surface area contributed by atoms with Crippen LogP contribution < -0.4 is 0 Å². The van der Waals surface area contributed by atoms with Crippen molar-refractivity contribution < 1.29 is 13.9 Å². The van der Waals surface area contributed by atoms with Gasteiger partial charge in [0.25, 0.3) is 0 Å². The van der Waals surface area contributed by atoms with Crippen LogP contribution in [0.4, 0.5) is 0 Å². The zero-order valence-electron chi connectivity index (χ0n) is 14.0. The Bertz CT molecular complexity index is 280. The predicted octanol–water partition coefficient (Wildman–Crippen LogP) is 4.35. The molecule has 114 valence electrons. The maximum Gasteiger partial charge on any atom is 0.192 e. The predicted molar refractivity (Wildman–Crippen MR) is 83.9 cm³/mol. The average Bonchev–Trinajstić information content (AvgIpc) is 2.25. The fourth-order valence-corrected chi connectivity index (χ4v) is 2.88. The van der Waals surface area contributed by atoms with Gasteiger partial charge < -0.3 is 13.9 Å². The van der Waals surface area contributed by atoms with Gasteiger partial charge in [0, 0.05) is 7.11 Å². The summed E-state index contributed by atoms with van der Waals surface area (Å²) in [5.74, 6) is 0. The van der Waals surface area contributed by atoms with E-state index in [2.05, 4.69) is 53.8 Å². The van der Waals surface area contributed by atoms with Gasteiger partial charge in [-0.25, -0.2) is 0 Å². The summed E-state index contributed by atoms with van der Waals surface area (Å²) >= 11 is 0. The molecule has 0 aliphatic heterocycles. The maximum absolute atomic E-state index is 6.32. The molecule has 4 heteroatoms. The molecule has 0 rings (SSSR count). The first-order valence-corrected chi connectivity index (χ1v) is 9.99. The Morgan fingerprint density at radius 3 is 2.26 bits per heavy atom. The van der Waals surface area contributed by atoms with Crippen LogP contribution in [0.1, 0.15) is 41.0 Å². The Kier molecular flexibility index (Phi) is 8.13. The van der Waals surface area contributed by atoms with Crippen LogP contribution in [0.3, 0.4) is 0 Å². The van der Waals surface area contributed by atoms with Gasteiger partial charge in [0.15, 0.2) is 8.32 Å². The highest BCUT2D eigenvalue weighted by atomic mass is 28.4. The van der Waals surface area contributed by atoms with Crippen molar-refractivity contribution in [2.45, 2.75) is 65.3 Å². The third kappa shape index (κ3) is 7.25. The molecule has 0 saturated carbocycles. The van der Waals surface area contributed by atoms with E-state index in [9.17, 15) is 0 Å². The second kappa shape index (κ2) is 8.20. The molecular formula is C15H32O3Si.